The van der Waals surface area contributed by atoms with Crippen LogP contribution in [0, 0.1) is 6.92 Å². The molecule has 0 aliphatic heterocycles. The standard InChI is InChI=1S/C12H12N2/c1-10-4-2-3-5-11(10)6-7-12-8-13-9-14-12/h2-9H,1H3,(H,13,14)/b7-6+. The smallest absolute Gasteiger partial charge is 0.0924 e. The average molecular weight is 184 g/mol. The summed E-state index contributed by atoms with van der Waals surface area (Å²) in [4.78, 5) is 6.98. The average Bonchev–Trinajstić information content (AvgIpc) is 2.69. The molecule has 2 nitrogen and oxygen atoms in total. The summed E-state index contributed by atoms with van der Waals surface area (Å²) >= 11 is 0. The van der Waals surface area contributed by atoms with E-state index in [9.17, 15) is 0 Å². The third-order valence-electron chi connectivity index (χ3n) is 2.15. The minimum absolute atomic E-state index is 1.02. The molecule has 0 unspecified atom stereocenters. The fourth-order valence-corrected chi connectivity index (χ4v) is 1.31. The highest BCUT2D eigenvalue weighted by Crippen LogP contribution is 2.10. The van der Waals surface area contributed by atoms with Crippen molar-refractivity contribution in [2.75, 3.05) is 0 Å². The Morgan fingerprint density at radius 3 is 2.79 bits per heavy atom. The molecule has 2 rings (SSSR count). The molecule has 1 aromatic carbocycles. The number of nitrogens with zero attached hydrogens (tertiary/aromatic N) is 1. The first-order valence-corrected chi connectivity index (χ1v) is 4.58. The van der Waals surface area contributed by atoms with Gasteiger partial charge in [0.15, 0.2) is 0 Å². The number of imidazole rings is 1. The number of nitrogens with one attached hydrogen (secondary N) is 1. The fourth-order valence-electron chi connectivity index (χ4n) is 1.31. The number of rotatable bonds is 2. The minimum atomic E-state index is 1.02. The van der Waals surface area contributed by atoms with E-state index in [4.69, 9.17) is 0 Å². The van der Waals surface area contributed by atoms with Crippen molar-refractivity contribution in [3.8, 4) is 0 Å². The molecule has 2 heteroatoms. The first-order chi connectivity index (χ1) is 6.86. The van der Waals surface area contributed by atoms with Gasteiger partial charge in [-0.3, -0.25) is 0 Å². The van der Waals surface area contributed by atoms with Crippen molar-refractivity contribution >= 4 is 12.2 Å². The van der Waals surface area contributed by atoms with Crippen molar-refractivity contribution in [3.05, 3.63) is 53.6 Å². The van der Waals surface area contributed by atoms with E-state index in [1.807, 2.05) is 18.2 Å². The van der Waals surface area contributed by atoms with Crippen molar-refractivity contribution in [2.45, 2.75) is 6.92 Å². The van der Waals surface area contributed by atoms with Crippen LogP contribution in [0.3, 0.4) is 0 Å². The van der Waals surface area contributed by atoms with Gasteiger partial charge in [-0.25, -0.2) is 4.98 Å². The normalized spacial score (nSPS) is 10.9. The van der Waals surface area contributed by atoms with Gasteiger partial charge in [0.25, 0.3) is 0 Å². The van der Waals surface area contributed by atoms with Crippen LogP contribution in [0.15, 0.2) is 36.8 Å². The van der Waals surface area contributed by atoms with E-state index >= 15 is 0 Å². The predicted molar refractivity (Wildman–Crippen MR) is 58.7 cm³/mol. The van der Waals surface area contributed by atoms with Gasteiger partial charge in [0.1, 0.15) is 0 Å². The van der Waals surface area contributed by atoms with E-state index in [0.29, 0.717) is 0 Å². The predicted octanol–water partition coefficient (Wildman–Crippen LogP) is 2.89. The topological polar surface area (TPSA) is 28.7 Å². The van der Waals surface area contributed by atoms with Gasteiger partial charge in [0, 0.05) is 0 Å². The highest BCUT2D eigenvalue weighted by molar-refractivity contribution is 5.69. The molecule has 0 aliphatic carbocycles. The van der Waals surface area contributed by atoms with E-state index in [1.54, 1.807) is 12.5 Å². The monoisotopic (exact) mass is 184 g/mol. The molecular formula is C12H12N2. The van der Waals surface area contributed by atoms with Gasteiger partial charge in [-0.2, -0.15) is 0 Å². The van der Waals surface area contributed by atoms with Gasteiger partial charge in [-0.05, 0) is 24.1 Å². The van der Waals surface area contributed by atoms with E-state index in [-0.39, 0.29) is 0 Å². The van der Waals surface area contributed by atoms with Crippen LogP contribution < -0.4 is 0 Å². The molecule has 1 N–H and O–H groups in total. The lowest BCUT2D eigenvalue weighted by atomic mass is 10.1. The maximum Gasteiger partial charge on any atom is 0.0924 e. The second-order valence-electron chi connectivity index (χ2n) is 3.20. The quantitative estimate of drug-likeness (QED) is 0.763. The fraction of sp³-hybridized carbons (Fsp3) is 0.0833. The number of hydrogen-bond donors (Lipinski definition) is 1. The summed E-state index contributed by atoms with van der Waals surface area (Å²) in [6.45, 7) is 2.10. The molecule has 0 saturated heterocycles. The first kappa shape index (κ1) is 8.75. The van der Waals surface area contributed by atoms with Gasteiger partial charge in [-0.1, -0.05) is 30.3 Å². The highest BCUT2D eigenvalue weighted by Gasteiger charge is 1.91. The molecule has 0 fully saturated rings. The molecule has 1 heterocycles. The van der Waals surface area contributed by atoms with Crippen molar-refractivity contribution in [1.82, 2.24) is 9.97 Å². The first-order valence-electron chi connectivity index (χ1n) is 4.58. The van der Waals surface area contributed by atoms with Gasteiger partial charge >= 0.3 is 0 Å². The molecule has 0 bridgehead atoms. The van der Waals surface area contributed by atoms with Gasteiger partial charge in [0.05, 0.1) is 18.2 Å². The third-order valence-corrected chi connectivity index (χ3v) is 2.15. The summed E-state index contributed by atoms with van der Waals surface area (Å²) in [5.41, 5.74) is 3.54. The van der Waals surface area contributed by atoms with E-state index in [1.165, 1.54) is 11.1 Å². The Morgan fingerprint density at radius 2 is 2.07 bits per heavy atom. The number of benzene rings is 1. The number of aromatic nitrogens is 2. The Kier molecular flexibility index (Phi) is 2.45. The Hall–Kier alpha value is -1.83. The second kappa shape index (κ2) is 3.92. The lowest BCUT2D eigenvalue weighted by molar-refractivity contribution is 1.31. The SMILES string of the molecule is Cc1ccccc1/C=C/c1cnc[nH]1. The maximum absolute atomic E-state index is 3.95. The molecule has 0 radical (unpaired) electrons. The largest absolute Gasteiger partial charge is 0.345 e. The summed E-state index contributed by atoms with van der Waals surface area (Å²) in [6, 6.07) is 8.29. The number of aryl methyl sites for hydroxylation is 1. The zero-order chi connectivity index (χ0) is 9.80. The van der Waals surface area contributed by atoms with Crippen LogP contribution in [-0.4, -0.2) is 9.97 Å². The molecular weight excluding hydrogens is 172 g/mol. The van der Waals surface area contributed by atoms with Crippen molar-refractivity contribution in [3.63, 3.8) is 0 Å². The number of H-pyrrole nitrogens is 1. The van der Waals surface area contributed by atoms with E-state index < -0.39 is 0 Å². The van der Waals surface area contributed by atoms with Crippen LogP contribution >= 0.6 is 0 Å². The molecule has 0 amide bonds. The van der Waals surface area contributed by atoms with Gasteiger partial charge in [0.2, 0.25) is 0 Å². The zero-order valence-electron chi connectivity index (χ0n) is 8.07. The summed E-state index contributed by atoms with van der Waals surface area (Å²) in [6.07, 6.45) is 7.59. The molecule has 0 spiro atoms. The minimum Gasteiger partial charge on any atom is -0.345 e. The Labute approximate surface area is 83.3 Å². The molecule has 1 aromatic heterocycles. The molecule has 70 valence electrons. The number of aromatic amines is 1. The lowest BCUT2D eigenvalue weighted by Crippen LogP contribution is -1.77. The van der Waals surface area contributed by atoms with Crippen molar-refractivity contribution in [2.24, 2.45) is 0 Å². The van der Waals surface area contributed by atoms with E-state index in [2.05, 4.69) is 35.1 Å². The van der Waals surface area contributed by atoms with Crippen molar-refractivity contribution in [1.29, 1.82) is 0 Å². The Bertz CT molecular complexity index is 427. The summed E-state index contributed by atoms with van der Waals surface area (Å²) in [5, 5.41) is 0. The van der Waals surface area contributed by atoms with Crippen LogP contribution in [-0.2, 0) is 0 Å². The molecule has 0 saturated carbocycles. The second-order valence-corrected chi connectivity index (χ2v) is 3.20. The highest BCUT2D eigenvalue weighted by atomic mass is 14.8. The molecule has 14 heavy (non-hydrogen) atoms. The molecule has 2 aromatic rings. The van der Waals surface area contributed by atoms with Crippen LogP contribution in [0.1, 0.15) is 16.8 Å². The summed E-state index contributed by atoms with van der Waals surface area (Å²) in [5.74, 6) is 0. The van der Waals surface area contributed by atoms with Crippen LogP contribution in [0.25, 0.3) is 12.2 Å². The zero-order valence-corrected chi connectivity index (χ0v) is 8.07. The van der Waals surface area contributed by atoms with Crippen molar-refractivity contribution < 1.29 is 0 Å². The third kappa shape index (κ3) is 1.91. The number of hydrogen-bond acceptors (Lipinski definition) is 1. The molecule has 0 aliphatic rings. The van der Waals surface area contributed by atoms with E-state index in [0.717, 1.165) is 5.69 Å². The van der Waals surface area contributed by atoms with Gasteiger partial charge < -0.3 is 4.98 Å². The van der Waals surface area contributed by atoms with Crippen LogP contribution in [0.4, 0.5) is 0 Å². The molecule has 0 atom stereocenters. The van der Waals surface area contributed by atoms with Crippen LogP contribution in [0.2, 0.25) is 0 Å². The van der Waals surface area contributed by atoms with Crippen LogP contribution in [0.5, 0.6) is 0 Å². The van der Waals surface area contributed by atoms with Gasteiger partial charge in [-0.15, -0.1) is 0 Å². The summed E-state index contributed by atoms with van der Waals surface area (Å²) < 4.78 is 0. The maximum atomic E-state index is 3.95. The lowest BCUT2D eigenvalue weighted by Gasteiger charge is -1.97. The Morgan fingerprint density at radius 1 is 1.21 bits per heavy atom. The Balaban J connectivity index is 2.23. The summed E-state index contributed by atoms with van der Waals surface area (Å²) in [7, 11) is 0.